The summed E-state index contributed by atoms with van der Waals surface area (Å²) < 4.78 is 0. The van der Waals surface area contributed by atoms with Crippen molar-refractivity contribution in [2.75, 3.05) is 0 Å². The minimum absolute atomic E-state index is 0.0302. The number of nitrogens with zero attached hydrogens (tertiary/aromatic N) is 2. The van der Waals surface area contributed by atoms with Crippen LogP contribution in [0.15, 0.2) is 54.1 Å². The highest BCUT2D eigenvalue weighted by Gasteiger charge is 2.20. The fraction of sp³-hybridized carbons (Fsp3) is 0.200. The zero-order valence-electron chi connectivity index (χ0n) is 14.7. The average Bonchev–Trinajstić information content (AvgIpc) is 2.67. The van der Waals surface area contributed by atoms with Gasteiger partial charge in [0.05, 0.1) is 21.6 Å². The van der Waals surface area contributed by atoms with E-state index in [1.807, 2.05) is 43.3 Å². The van der Waals surface area contributed by atoms with E-state index in [4.69, 9.17) is 11.6 Å². The van der Waals surface area contributed by atoms with Crippen molar-refractivity contribution in [3.8, 4) is 6.07 Å². The van der Waals surface area contributed by atoms with E-state index in [1.54, 1.807) is 0 Å². The molecule has 0 spiro atoms. The van der Waals surface area contributed by atoms with Gasteiger partial charge in [-0.2, -0.15) is 5.26 Å². The number of nitro groups is 1. The lowest BCUT2D eigenvalue weighted by atomic mass is 10.0. The molecule has 0 saturated heterocycles. The van der Waals surface area contributed by atoms with Crippen LogP contribution in [0.4, 0.5) is 5.69 Å². The number of halogens is 1. The molecule has 2 rings (SSSR count). The SMILES string of the molecule is CCC[C@H](NC(=O)C(C#N)=Cc1c(Cl)cccc1[N+](=O)[O-])c1ccccc1. The summed E-state index contributed by atoms with van der Waals surface area (Å²) in [5, 5.41) is 23.5. The van der Waals surface area contributed by atoms with E-state index < -0.39 is 10.8 Å². The van der Waals surface area contributed by atoms with Crippen LogP contribution in [-0.4, -0.2) is 10.8 Å². The molecular weight excluding hydrogens is 366 g/mol. The molecular formula is C20H18ClN3O3. The van der Waals surface area contributed by atoms with E-state index >= 15 is 0 Å². The minimum Gasteiger partial charge on any atom is -0.345 e. The molecule has 0 heterocycles. The summed E-state index contributed by atoms with van der Waals surface area (Å²) in [5.74, 6) is -0.603. The summed E-state index contributed by atoms with van der Waals surface area (Å²) in [6, 6.07) is 15.2. The molecule has 0 aliphatic carbocycles. The van der Waals surface area contributed by atoms with Crippen molar-refractivity contribution in [2.24, 2.45) is 0 Å². The lowest BCUT2D eigenvalue weighted by Crippen LogP contribution is -2.29. The molecule has 2 aromatic rings. The molecule has 1 atom stereocenters. The number of hydrogen-bond acceptors (Lipinski definition) is 4. The van der Waals surface area contributed by atoms with E-state index in [0.29, 0.717) is 6.42 Å². The Balaban J connectivity index is 2.35. The van der Waals surface area contributed by atoms with Crippen molar-refractivity contribution in [1.82, 2.24) is 5.32 Å². The van der Waals surface area contributed by atoms with Gasteiger partial charge in [-0.15, -0.1) is 0 Å². The maximum atomic E-state index is 12.6. The summed E-state index contributed by atoms with van der Waals surface area (Å²) in [7, 11) is 0. The van der Waals surface area contributed by atoms with Crippen molar-refractivity contribution in [1.29, 1.82) is 5.26 Å². The molecule has 0 fully saturated rings. The largest absolute Gasteiger partial charge is 0.345 e. The molecule has 0 aromatic heterocycles. The van der Waals surface area contributed by atoms with E-state index in [-0.39, 0.29) is 27.9 Å². The number of carbonyl (C=O) groups excluding carboxylic acids is 1. The molecule has 0 aliphatic heterocycles. The van der Waals surface area contributed by atoms with E-state index in [0.717, 1.165) is 18.1 Å². The maximum absolute atomic E-state index is 12.6. The minimum atomic E-state index is -0.603. The van der Waals surface area contributed by atoms with Crippen molar-refractivity contribution in [3.05, 3.63) is 80.4 Å². The van der Waals surface area contributed by atoms with Crippen LogP contribution in [0.1, 0.15) is 36.9 Å². The molecule has 0 unspecified atom stereocenters. The van der Waals surface area contributed by atoms with Gasteiger partial charge in [0.1, 0.15) is 11.6 Å². The third-order valence-corrected chi connectivity index (χ3v) is 4.29. The van der Waals surface area contributed by atoms with Crippen LogP contribution in [0.2, 0.25) is 5.02 Å². The van der Waals surface area contributed by atoms with Gasteiger partial charge in [0.2, 0.25) is 0 Å². The van der Waals surface area contributed by atoms with Gasteiger partial charge in [0.15, 0.2) is 0 Å². The summed E-state index contributed by atoms with van der Waals surface area (Å²) in [6.07, 6.45) is 2.69. The van der Waals surface area contributed by atoms with Crippen molar-refractivity contribution in [2.45, 2.75) is 25.8 Å². The Bertz CT molecular complexity index is 904. The fourth-order valence-corrected chi connectivity index (χ4v) is 2.88. The Morgan fingerprint density at radius 2 is 2.00 bits per heavy atom. The van der Waals surface area contributed by atoms with Crippen LogP contribution in [0.5, 0.6) is 0 Å². The first kappa shape index (κ1) is 20.1. The number of hydrogen-bond donors (Lipinski definition) is 1. The highest BCUT2D eigenvalue weighted by Crippen LogP contribution is 2.29. The Kier molecular flexibility index (Phi) is 7.09. The van der Waals surface area contributed by atoms with Gasteiger partial charge in [0.25, 0.3) is 11.6 Å². The molecule has 0 saturated carbocycles. The third-order valence-electron chi connectivity index (χ3n) is 3.96. The standard InChI is InChI=1S/C20H18ClN3O3/c1-2-7-18(14-8-4-3-5-9-14)23-20(25)15(13-22)12-16-17(21)10-6-11-19(16)24(26)27/h3-6,8-12,18H,2,7H2,1H3,(H,23,25)/t18-/m0/s1. The molecule has 138 valence electrons. The van der Waals surface area contributed by atoms with Crippen LogP contribution in [-0.2, 0) is 4.79 Å². The van der Waals surface area contributed by atoms with Crippen LogP contribution < -0.4 is 5.32 Å². The normalized spacial score (nSPS) is 12.1. The van der Waals surface area contributed by atoms with Crippen molar-refractivity contribution < 1.29 is 9.72 Å². The topological polar surface area (TPSA) is 96.0 Å². The highest BCUT2D eigenvalue weighted by molar-refractivity contribution is 6.32. The second-order valence-electron chi connectivity index (χ2n) is 5.82. The van der Waals surface area contributed by atoms with Gasteiger partial charge in [-0.25, -0.2) is 0 Å². The van der Waals surface area contributed by atoms with Crippen LogP contribution in [0.3, 0.4) is 0 Å². The number of benzene rings is 2. The Hall–Kier alpha value is -3.17. The third kappa shape index (κ3) is 5.16. The number of nitrogens with one attached hydrogen (secondary N) is 1. The maximum Gasteiger partial charge on any atom is 0.278 e. The molecule has 7 heteroatoms. The quantitative estimate of drug-likeness (QED) is 0.321. The Morgan fingerprint density at radius 3 is 2.59 bits per heavy atom. The molecule has 6 nitrogen and oxygen atoms in total. The zero-order valence-corrected chi connectivity index (χ0v) is 15.4. The first-order valence-electron chi connectivity index (χ1n) is 8.38. The first-order valence-corrected chi connectivity index (χ1v) is 8.76. The van der Waals surface area contributed by atoms with E-state index in [2.05, 4.69) is 5.32 Å². The summed E-state index contributed by atoms with van der Waals surface area (Å²) in [6.45, 7) is 2.00. The Morgan fingerprint density at radius 1 is 1.30 bits per heavy atom. The van der Waals surface area contributed by atoms with Gasteiger partial charge in [-0.1, -0.05) is 61.3 Å². The summed E-state index contributed by atoms with van der Waals surface area (Å²) >= 11 is 6.04. The zero-order chi connectivity index (χ0) is 19.8. The molecule has 1 amide bonds. The molecule has 0 bridgehead atoms. The van der Waals surface area contributed by atoms with Gasteiger partial charge in [-0.05, 0) is 24.1 Å². The molecule has 2 aromatic carbocycles. The molecule has 27 heavy (non-hydrogen) atoms. The van der Waals surface area contributed by atoms with Gasteiger partial charge in [0, 0.05) is 6.07 Å². The van der Waals surface area contributed by atoms with Crippen LogP contribution in [0, 0.1) is 21.4 Å². The first-order chi connectivity index (χ1) is 13.0. The van der Waals surface area contributed by atoms with Crippen LogP contribution >= 0.6 is 11.6 Å². The molecule has 1 N–H and O–H groups in total. The lowest BCUT2D eigenvalue weighted by molar-refractivity contribution is -0.385. The van der Waals surface area contributed by atoms with Crippen molar-refractivity contribution >= 4 is 29.3 Å². The van der Waals surface area contributed by atoms with Gasteiger partial charge < -0.3 is 5.32 Å². The number of carbonyl (C=O) groups is 1. The van der Waals surface area contributed by atoms with Gasteiger partial charge >= 0.3 is 0 Å². The highest BCUT2D eigenvalue weighted by atomic mass is 35.5. The predicted octanol–water partition coefficient (Wildman–Crippen LogP) is 4.81. The number of nitriles is 1. The number of amides is 1. The summed E-state index contributed by atoms with van der Waals surface area (Å²) in [5.41, 5.74) is 0.441. The second kappa shape index (κ2) is 9.51. The number of nitro benzene ring substituents is 1. The second-order valence-corrected chi connectivity index (χ2v) is 6.23. The predicted molar refractivity (Wildman–Crippen MR) is 104 cm³/mol. The molecule has 0 aliphatic rings. The Labute approximate surface area is 162 Å². The number of rotatable bonds is 7. The lowest BCUT2D eigenvalue weighted by Gasteiger charge is -2.18. The average molecular weight is 384 g/mol. The molecule has 0 radical (unpaired) electrons. The van der Waals surface area contributed by atoms with Crippen molar-refractivity contribution in [3.63, 3.8) is 0 Å². The van der Waals surface area contributed by atoms with Crippen LogP contribution in [0.25, 0.3) is 6.08 Å². The van der Waals surface area contributed by atoms with E-state index in [9.17, 15) is 20.2 Å². The monoisotopic (exact) mass is 383 g/mol. The van der Waals surface area contributed by atoms with E-state index in [1.165, 1.54) is 18.2 Å². The smallest absolute Gasteiger partial charge is 0.278 e. The van der Waals surface area contributed by atoms with Gasteiger partial charge in [-0.3, -0.25) is 14.9 Å². The summed E-state index contributed by atoms with van der Waals surface area (Å²) in [4.78, 5) is 23.2. The fourth-order valence-electron chi connectivity index (χ4n) is 2.65.